The maximum absolute atomic E-state index is 12.4. The van der Waals surface area contributed by atoms with E-state index in [1.165, 1.54) is 0 Å². The first-order chi connectivity index (χ1) is 9.04. The van der Waals surface area contributed by atoms with E-state index in [0.29, 0.717) is 11.5 Å². The van der Waals surface area contributed by atoms with Gasteiger partial charge in [0, 0.05) is 0 Å². The lowest BCUT2D eigenvalue weighted by molar-refractivity contribution is -0.129. The molecule has 2 rings (SSSR count). The number of nitrogens with two attached hydrogens (primary N) is 1. The fourth-order valence-electron chi connectivity index (χ4n) is 2.66. The molecule has 0 spiro atoms. The Balaban J connectivity index is 2.02. The van der Waals surface area contributed by atoms with E-state index in [0.717, 1.165) is 43.6 Å². The van der Waals surface area contributed by atoms with Crippen molar-refractivity contribution in [2.45, 2.75) is 45.6 Å². The molecule has 0 unspecified atom stereocenters. The van der Waals surface area contributed by atoms with Crippen LogP contribution in [0.5, 0.6) is 0 Å². The number of amides is 1. The second kappa shape index (κ2) is 5.74. The molecule has 1 heterocycles. The Morgan fingerprint density at radius 3 is 2.63 bits per heavy atom. The fraction of sp³-hybridized carbons (Fsp3) is 0.571. The summed E-state index contributed by atoms with van der Waals surface area (Å²) in [6.45, 7) is 2.26. The van der Waals surface area contributed by atoms with Crippen molar-refractivity contribution in [2.75, 3.05) is 0 Å². The second-order valence-corrected chi connectivity index (χ2v) is 5.64. The first-order valence-electron chi connectivity index (χ1n) is 6.68. The molecule has 0 radical (unpaired) electrons. The highest BCUT2D eigenvalue weighted by atomic mass is 32.1. The number of furan rings is 1. The number of nitrogens with one attached hydrogen (secondary N) is 1. The Hall–Kier alpha value is -1.36. The SMILES string of the molecule is Cc1ccc(CNC(=O)C2(C(N)=S)CCCCC2)o1. The number of carbonyl (C=O) groups excluding carboxylic acids is 1. The third-order valence-electron chi connectivity index (χ3n) is 3.83. The van der Waals surface area contributed by atoms with Crippen molar-refractivity contribution in [2.24, 2.45) is 11.1 Å². The van der Waals surface area contributed by atoms with Crippen LogP contribution in [0, 0.1) is 12.3 Å². The zero-order chi connectivity index (χ0) is 13.9. The molecule has 1 aromatic heterocycles. The molecule has 4 nitrogen and oxygen atoms in total. The van der Waals surface area contributed by atoms with Crippen molar-refractivity contribution >= 4 is 23.1 Å². The predicted molar refractivity (Wildman–Crippen MR) is 77.6 cm³/mol. The Bertz CT molecular complexity index is 476. The van der Waals surface area contributed by atoms with E-state index in [1.54, 1.807) is 0 Å². The molecule has 0 atom stereocenters. The van der Waals surface area contributed by atoms with Crippen molar-refractivity contribution in [3.8, 4) is 0 Å². The largest absolute Gasteiger partial charge is 0.465 e. The summed E-state index contributed by atoms with van der Waals surface area (Å²) in [6, 6.07) is 3.75. The van der Waals surface area contributed by atoms with Crippen molar-refractivity contribution in [3.05, 3.63) is 23.7 Å². The van der Waals surface area contributed by atoms with Gasteiger partial charge in [-0.25, -0.2) is 0 Å². The summed E-state index contributed by atoms with van der Waals surface area (Å²) in [5.74, 6) is 1.53. The van der Waals surface area contributed by atoms with E-state index >= 15 is 0 Å². The number of aryl methyl sites for hydroxylation is 1. The monoisotopic (exact) mass is 280 g/mol. The maximum atomic E-state index is 12.4. The van der Waals surface area contributed by atoms with Gasteiger partial charge in [0.2, 0.25) is 5.91 Å². The van der Waals surface area contributed by atoms with Gasteiger partial charge < -0.3 is 15.5 Å². The predicted octanol–water partition coefficient (Wildman–Crippen LogP) is 2.44. The minimum Gasteiger partial charge on any atom is -0.465 e. The Labute approximate surface area is 118 Å². The van der Waals surface area contributed by atoms with Crippen molar-refractivity contribution in [1.29, 1.82) is 0 Å². The van der Waals surface area contributed by atoms with Gasteiger partial charge in [0.05, 0.1) is 16.9 Å². The normalized spacial score (nSPS) is 17.9. The Morgan fingerprint density at radius 1 is 1.42 bits per heavy atom. The lowest BCUT2D eigenvalue weighted by Crippen LogP contribution is -2.49. The molecular formula is C14H20N2O2S. The summed E-state index contributed by atoms with van der Waals surface area (Å²) < 4.78 is 5.44. The van der Waals surface area contributed by atoms with Gasteiger partial charge in [0.1, 0.15) is 11.5 Å². The third-order valence-corrected chi connectivity index (χ3v) is 4.22. The van der Waals surface area contributed by atoms with Crippen molar-refractivity contribution in [1.82, 2.24) is 5.32 Å². The zero-order valence-corrected chi connectivity index (χ0v) is 12.0. The Kier molecular flexibility index (Phi) is 4.24. The van der Waals surface area contributed by atoms with Gasteiger partial charge in [0.25, 0.3) is 0 Å². The molecule has 1 aliphatic carbocycles. The van der Waals surface area contributed by atoms with Gasteiger partial charge in [-0.05, 0) is 31.9 Å². The van der Waals surface area contributed by atoms with Crippen molar-refractivity contribution in [3.63, 3.8) is 0 Å². The summed E-state index contributed by atoms with van der Waals surface area (Å²) >= 11 is 5.13. The highest BCUT2D eigenvalue weighted by Crippen LogP contribution is 2.37. The molecule has 3 N–H and O–H groups in total. The fourth-order valence-corrected chi connectivity index (χ4v) is 2.95. The van der Waals surface area contributed by atoms with Crippen LogP contribution in [0.3, 0.4) is 0 Å². The molecule has 0 aliphatic heterocycles. The van der Waals surface area contributed by atoms with Crippen LogP contribution < -0.4 is 11.1 Å². The first-order valence-corrected chi connectivity index (χ1v) is 7.09. The maximum Gasteiger partial charge on any atom is 0.233 e. The van der Waals surface area contributed by atoms with Crippen LogP contribution in [0.15, 0.2) is 16.5 Å². The van der Waals surface area contributed by atoms with E-state index in [4.69, 9.17) is 22.4 Å². The van der Waals surface area contributed by atoms with Gasteiger partial charge in [-0.1, -0.05) is 31.5 Å². The zero-order valence-electron chi connectivity index (χ0n) is 11.2. The third kappa shape index (κ3) is 2.97. The highest BCUT2D eigenvalue weighted by Gasteiger charge is 2.42. The average molecular weight is 280 g/mol. The topological polar surface area (TPSA) is 68.3 Å². The molecule has 5 heteroatoms. The van der Waals surface area contributed by atoms with Gasteiger partial charge in [-0.2, -0.15) is 0 Å². The molecule has 1 aliphatic rings. The lowest BCUT2D eigenvalue weighted by atomic mass is 9.73. The molecule has 1 saturated carbocycles. The van der Waals surface area contributed by atoms with Gasteiger partial charge in [-0.15, -0.1) is 0 Å². The van der Waals surface area contributed by atoms with E-state index in [2.05, 4.69) is 5.32 Å². The minimum atomic E-state index is -0.658. The van der Waals surface area contributed by atoms with Crippen LogP contribution in [0.2, 0.25) is 0 Å². The Morgan fingerprint density at radius 2 is 2.11 bits per heavy atom. The number of rotatable bonds is 4. The minimum absolute atomic E-state index is 0.0613. The van der Waals surface area contributed by atoms with Crippen LogP contribution in [0.4, 0.5) is 0 Å². The molecule has 0 aromatic carbocycles. The molecule has 0 saturated heterocycles. The summed E-state index contributed by atoms with van der Waals surface area (Å²) in [5, 5.41) is 2.90. The number of hydrogen-bond donors (Lipinski definition) is 2. The highest BCUT2D eigenvalue weighted by molar-refractivity contribution is 7.80. The van der Waals surface area contributed by atoms with Crippen LogP contribution in [-0.4, -0.2) is 10.9 Å². The van der Waals surface area contributed by atoms with Crippen LogP contribution >= 0.6 is 12.2 Å². The van der Waals surface area contributed by atoms with E-state index < -0.39 is 5.41 Å². The smallest absolute Gasteiger partial charge is 0.233 e. The molecule has 1 fully saturated rings. The van der Waals surface area contributed by atoms with Crippen LogP contribution in [-0.2, 0) is 11.3 Å². The summed E-state index contributed by atoms with van der Waals surface area (Å²) in [4.78, 5) is 12.7. The number of thiocarbonyl (C=S) groups is 1. The molecule has 104 valence electrons. The molecule has 1 aromatic rings. The standard InChI is InChI=1S/C14H20N2O2S/c1-10-5-6-11(18-10)9-16-13(17)14(12(15)19)7-3-2-4-8-14/h5-6H,2-4,7-9H2,1H3,(H2,15,19)(H,16,17). The summed E-state index contributed by atoms with van der Waals surface area (Å²) in [6.07, 6.45) is 4.67. The van der Waals surface area contributed by atoms with E-state index in [1.807, 2.05) is 19.1 Å². The molecule has 1 amide bonds. The van der Waals surface area contributed by atoms with Gasteiger partial charge in [-0.3, -0.25) is 4.79 Å². The lowest BCUT2D eigenvalue weighted by Gasteiger charge is -2.34. The summed E-state index contributed by atoms with van der Waals surface area (Å²) in [7, 11) is 0. The van der Waals surface area contributed by atoms with E-state index in [-0.39, 0.29) is 5.91 Å². The molecule has 19 heavy (non-hydrogen) atoms. The molecule has 0 bridgehead atoms. The van der Waals surface area contributed by atoms with E-state index in [9.17, 15) is 4.79 Å². The second-order valence-electron chi connectivity index (χ2n) is 5.20. The number of carbonyl (C=O) groups is 1. The average Bonchev–Trinajstić information content (AvgIpc) is 2.82. The van der Waals surface area contributed by atoms with Crippen molar-refractivity contribution < 1.29 is 9.21 Å². The summed E-state index contributed by atoms with van der Waals surface area (Å²) in [5.41, 5.74) is 5.17. The first kappa shape index (κ1) is 14.1. The quantitative estimate of drug-likeness (QED) is 0.831. The number of hydrogen-bond acceptors (Lipinski definition) is 3. The van der Waals surface area contributed by atoms with Gasteiger partial charge >= 0.3 is 0 Å². The molecular weight excluding hydrogens is 260 g/mol. The van der Waals surface area contributed by atoms with Gasteiger partial charge in [0.15, 0.2) is 0 Å². The van der Waals surface area contributed by atoms with Crippen LogP contribution in [0.25, 0.3) is 0 Å². The van der Waals surface area contributed by atoms with Crippen LogP contribution in [0.1, 0.15) is 43.6 Å².